The number of nitrogens with zero attached hydrogens (tertiary/aromatic N) is 2. The lowest BCUT2D eigenvalue weighted by Gasteiger charge is -2.35. The van der Waals surface area contributed by atoms with Crippen LogP contribution in [0, 0.1) is 0 Å². The third-order valence-electron chi connectivity index (χ3n) is 7.89. The minimum atomic E-state index is 0.145. The third-order valence-corrected chi connectivity index (χ3v) is 7.89. The average molecular weight is 448 g/mol. The highest BCUT2D eigenvalue weighted by Crippen LogP contribution is 2.51. The summed E-state index contributed by atoms with van der Waals surface area (Å²) in [4.78, 5) is 17.6. The van der Waals surface area contributed by atoms with E-state index in [1.54, 1.807) is 0 Å². The van der Waals surface area contributed by atoms with Gasteiger partial charge in [0.25, 0.3) is 5.91 Å². The summed E-state index contributed by atoms with van der Waals surface area (Å²) in [5.41, 5.74) is 4.63. The Hall–Kier alpha value is -2.41. The summed E-state index contributed by atoms with van der Waals surface area (Å²) >= 11 is 0. The summed E-state index contributed by atoms with van der Waals surface area (Å²) < 4.78 is 11.8. The van der Waals surface area contributed by atoms with Crippen LogP contribution in [0.4, 0.5) is 0 Å². The maximum Gasteiger partial charge on any atom is 0.254 e. The van der Waals surface area contributed by atoms with Crippen LogP contribution < -0.4 is 10.1 Å². The molecule has 174 valence electrons. The fourth-order valence-corrected chi connectivity index (χ4v) is 5.83. The summed E-state index contributed by atoms with van der Waals surface area (Å²) in [5.74, 6) is 0.981. The second-order valence-electron chi connectivity index (χ2n) is 9.83. The molecule has 1 aliphatic carbocycles. The molecular weight excluding hydrogens is 414 g/mol. The molecule has 0 radical (unpaired) electrons. The van der Waals surface area contributed by atoms with Gasteiger partial charge in [-0.3, -0.25) is 9.69 Å². The normalized spacial score (nSPS) is 24.5. The Bertz CT molecular complexity index is 1010. The Morgan fingerprint density at radius 2 is 1.91 bits per heavy atom. The molecule has 0 bridgehead atoms. The smallest absolute Gasteiger partial charge is 0.254 e. The van der Waals surface area contributed by atoms with Gasteiger partial charge in [0.15, 0.2) is 0 Å². The van der Waals surface area contributed by atoms with Gasteiger partial charge in [0, 0.05) is 42.3 Å². The highest BCUT2D eigenvalue weighted by Gasteiger charge is 2.49. The van der Waals surface area contributed by atoms with E-state index in [4.69, 9.17) is 9.47 Å². The molecule has 1 unspecified atom stereocenters. The molecule has 1 amide bonds. The first kappa shape index (κ1) is 21.1. The van der Waals surface area contributed by atoms with E-state index in [0.717, 1.165) is 74.7 Å². The van der Waals surface area contributed by atoms with E-state index >= 15 is 0 Å². The Balaban J connectivity index is 1.13. The number of hydrogen-bond donors (Lipinski definition) is 1. The minimum absolute atomic E-state index is 0.145. The summed E-state index contributed by atoms with van der Waals surface area (Å²) in [6, 6.07) is 15.1. The largest absolute Gasteiger partial charge is 0.489 e. The minimum Gasteiger partial charge on any atom is -0.489 e. The van der Waals surface area contributed by atoms with Crippen molar-refractivity contribution in [3.05, 3.63) is 64.7 Å². The maximum absolute atomic E-state index is 13.0. The highest BCUT2D eigenvalue weighted by molar-refractivity contribution is 5.99. The predicted molar refractivity (Wildman–Crippen MR) is 126 cm³/mol. The first-order valence-electron chi connectivity index (χ1n) is 12.4. The second kappa shape index (κ2) is 8.75. The molecule has 2 saturated heterocycles. The Morgan fingerprint density at radius 3 is 2.64 bits per heavy atom. The van der Waals surface area contributed by atoms with E-state index in [0.29, 0.717) is 13.2 Å². The van der Waals surface area contributed by atoms with Crippen molar-refractivity contribution in [2.24, 2.45) is 0 Å². The Kier molecular flexibility index (Phi) is 5.60. The van der Waals surface area contributed by atoms with E-state index < -0.39 is 0 Å². The molecule has 1 atom stereocenters. The van der Waals surface area contributed by atoms with Gasteiger partial charge in [0.05, 0.1) is 19.8 Å². The van der Waals surface area contributed by atoms with Gasteiger partial charge in [-0.15, -0.1) is 0 Å². The van der Waals surface area contributed by atoms with E-state index in [-0.39, 0.29) is 17.5 Å². The van der Waals surface area contributed by atoms with E-state index in [1.807, 2.05) is 23.1 Å². The zero-order chi connectivity index (χ0) is 22.3. The quantitative estimate of drug-likeness (QED) is 0.737. The van der Waals surface area contributed by atoms with Crippen LogP contribution in [0.25, 0.3) is 0 Å². The summed E-state index contributed by atoms with van der Waals surface area (Å²) in [5, 5.41) is 3.43. The van der Waals surface area contributed by atoms with Crippen molar-refractivity contribution in [1.82, 2.24) is 15.1 Å². The SMILES string of the molecule is O=C1c2cccc(OCc3ccc(C4(N5CCOCC5)CC4)cc3)c2CN1C1CCCNC1. The van der Waals surface area contributed by atoms with Crippen molar-refractivity contribution in [3.63, 3.8) is 0 Å². The lowest BCUT2D eigenvalue weighted by Crippen LogP contribution is -2.46. The fourth-order valence-electron chi connectivity index (χ4n) is 5.83. The van der Waals surface area contributed by atoms with Crippen molar-refractivity contribution in [3.8, 4) is 5.75 Å². The number of amides is 1. The number of rotatable bonds is 6. The fraction of sp³-hybridized carbons (Fsp3) is 0.519. The van der Waals surface area contributed by atoms with E-state index in [9.17, 15) is 4.79 Å². The van der Waals surface area contributed by atoms with Gasteiger partial charge in [-0.1, -0.05) is 30.3 Å². The molecule has 3 aliphatic heterocycles. The first-order valence-corrected chi connectivity index (χ1v) is 12.4. The molecule has 4 aliphatic rings. The summed E-state index contributed by atoms with van der Waals surface area (Å²) in [6.45, 7) is 6.82. The predicted octanol–water partition coefficient (Wildman–Crippen LogP) is 3.29. The zero-order valence-electron chi connectivity index (χ0n) is 19.2. The van der Waals surface area contributed by atoms with Crippen LogP contribution >= 0.6 is 0 Å². The molecule has 3 heterocycles. The molecule has 6 rings (SSSR count). The topological polar surface area (TPSA) is 54.0 Å². The monoisotopic (exact) mass is 447 g/mol. The molecule has 33 heavy (non-hydrogen) atoms. The number of benzene rings is 2. The number of fused-ring (bicyclic) bond motifs is 1. The van der Waals surface area contributed by atoms with Crippen LogP contribution in [-0.4, -0.2) is 61.1 Å². The van der Waals surface area contributed by atoms with Gasteiger partial charge >= 0.3 is 0 Å². The molecule has 6 heteroatoms. The molecule has 6 nitrogen and oxygen atoms in total. The van der Waals surface area contributed by atoms with Crippen LogP contribution in [0.5, 0.6) is 5.75 Å². The standard InChI is InChI=1S/C27H33N3O3/c31-26-23-4-1-5-25(24(23)18-30(26)22-3-2-12-28-17-22)33-19-20-6-8-21(9-7-20)27(10-11-27)29-13-15-32-16-14-29/h1,4-9,22,28H,2-3,10-19H2. The average Bonchev–Trinajstić information content (AvgIpc) is 3.62. The second-order valence-corrected chi connectivity index (χ2v) is 9.83. The van der Waals surface area contributed by atoms with Crippen molar-refractivity contribution < 1.29 is 14.3 Å². The Labute approximate surface area is 195 Å². The molecular formula is C27H33N3O3. The first-order chi connectivity index (χ1) is 16.2. The van der Waals surface area contributed by atoms with Crippen molar-refractivity contribution in [2.45, 2.75) is 50.4 Å². The number of carbonyl (C=O) groups is 1. The van der Waals surface area contributed by atoms with Gasteiger partial charge in [0.2, 0.25) is 0 Å². The lowest BCUT2D eigenvalue weighted by atomic mass is 10.0. The van der Waals surface area contributed by atoms with Gasteiger partial charge in [-0.2, -0.15) is 0 Å². The van der Waals surface area contributed by atoms with Gasteiger partial charge in [-0.05, 0) is 55.5 Å². The maximum atomic E-state index is 13.0. The highest BCUT2D eigenvalue weighted by atomic mass is 16.5. The molecule has 2 aromatic carbocycles. The summed E-state index contributed by atoms with van der Waals surface area (Å²) in [6.07, 6.45) is 4.66. The number of nitrogens with one attached hydrogen (secondary N) is 1. The third kappa shape index (κ3) is 3.94. The van der Waals surface area contributed by atoms with Crippen LogP contribution in [0.3, 0.4) is 0 Å². The zero-order valence-corrected chi connectivity index (χ0v) is 19.2. The molecule has 1 saturated carbocycles. The Morgan fingerprint density at radius 1 is 1.09 bits per heavy atom. The number of carbonyl (C=O) groups excluding carboxylic acids is 1. The van der Waals surface area contributed by atoms with Crippen molar-refractivity contribution >= 4 is 5.91 Å². The van der Waals surface area contributed by atoms with Gasteiger partial charge in [0.1, 0.15) is 12.4 Å². The van der Waals surface area contributed by atoms with Crippen LogP contribution in [0.1, 0.15) is 52.7 Å². The lowest BCUT2D eigenvalue weighted by molar-refractivity contribution is 0.00834. The molecule has 0 aromatic heterocycles. The van der Waals surface area contributed by atoms with Crippen LogP contribution in [0.2, 0.25) is 0 Å². The number of ether oxygens (including phenoxy) is 2. The van der Waals surface area contributed by atoms with Gasteiger partial charge in [-0.25, -0.2) is 0 Å². The molecule has 2 aromatic rings. The van der Waals surface area contributed by atoms with Crippen LogP contribution in [-0.2, 0) is 23.4 Å². The molecule has 3 fully saturated rings. The van der Waals surface area contributed by atoms with Gasteiger partial charge < -0.3 is 19.7 Å². The number of piperidine rings is 1. The van der Waals surface area contributed by atoms with Crippen molar-refractivity contribution in [1.29, 1.82) is 0 Å². The number of hydrogen-bond acceptors (Lipinski definition) is 5. The van der Waals surface area contributed by atoms with Crippen molar-refractivity contribution in [2.75, 3.05) is 39.4 Å². The number of morpholine rings is 1. The summed E-state index contributed by atoms with van der Waals surface area (Å²) in [7, 11) is 0. The molecule has 0 spiro atoms. The molecule has 1 N–H and O–H groups in total. The van der Waals surface area contributed by atoms with E-state index in [1.165, 1.54) is 18.4 Å². The van der Waals surface area contributed by atoms with Crippen LogP contribution in [0.15, 0.2) is 42.5 Å². The van der Waals surface area contributed by atoms with E-state index in [2.05, 4.69) is 34.5 Å².